The molecular weight excluding hydrogens is 192 g/mol. The molecule has 0 saturated carbocycles. The largest absolute Gasteiger partial charge is 0.391 e. The molecule has 4 N–H and O–H groups in total. The summed E-state index contributed by atoms with van der Waals surface area (Å²) in [7, 11) is 0. The normalized spacial score (nSPS) is 15.5. The van der Waals surface area contributed by atoms with E-state index in [1.165, 1.54) is 0 Å². The third kappa shape index (κ3) is 6.47. The topological polar surface area (TPSA) is 75.4 Å². The van der Waals surface area contributed by atoms with Crippen LogP contribution in [0.15, 0.2) is 0 Å². The van der Waals surface area contributed by atoms with Crippen LogP contribution in [0.2, 0.25) is 0 Å². The van der Waals surface area contributed by atoms with E-state index in [2.05, 4.69) is 5.32 Å². The number of nitrogens with one attached hydrogen (secondary N) is 1. The minimum absolute atomic E-state index is 0.0871. The minimum atomic E-state index is -0.482. The predicted molar refractivity (Wildman–Crippen MR) is 61.3 cm³/mol. The highest BCUT2D eigenvalue weighted by Crippen LogP contribution is 2.03. The standard InChI is InChI=1S/C11H24N2O2/c1-7(2)9(12)5-11(15)13-6-10(14)8(3)4/h7-10,14H,5-6,12H2,1-4H3,(H,13,15). The van der Waals surface area contributed by atoms with Crippen LogP contribution in [0.4, 0.5) is 0 Å². The maximum atomic E-state index is 11.4. The highest BCUT2D eigenvalue weighted by Gasteiger charge is 2.14. The van der Waals surface area contributed by atoms with Gasteiger partial charge in [0.15, 0.2) is 0 Å². The van der Waals surface area contributed by atoms with Gasteiger partial charge in [0.1, 0.15) is 0 Å². The van der Waals surface area contributed by atoms with Crippen molar-refractivity contribution in [1.82, 2.24) is 5.32 Å². The Bertz CT molecular complexity index is 193. The minimum Gasteiger partial charge on any atom is -0.391 e. The summed E-state index contributed by atoms with van der Waals surface area (Å²) >= 11 is 0. The van der Waals surface area contributed by atoms with E-state index in [-0.39, 0.29) is 17.9 Å². The van der Waals surface area contributed by atoms with Crippen molar-refractivity contribution in [2.24, 2.45) is 17.6 Å². The Labute approximate surface area is 92.2 Å². The second-order valence-electron chi connectivity index (χ2n) is 4.73. The Balaban J connectivity index is 3.76. The molecule has 0 aliphatic carbocycles. The third-order valence-corrected chi connectivity index (χ3v) is 2.56. The summed E-state index contributed by atoms with van der Waals surface area (Å²) in [5.41, 5.74) is 5.76. The van der Waals surface area contributed by atoms with Crippen LogP contribution in [0, 0.1) is 11.8 Å². The highest BCUT2D eigenvalue weighted by atomic mass is 16.3. The van der Waals surface area contributed by atoms with Gasteiger partial charge in [-0.1, -0.05) is 27.7 Å². The van der Waals surface area contributed by atoms with Crippen LogP contribution in [-0.4, -0.2) is 29.7 Å². The summed E-state index contributed by atoms with van der Waals surface area (Å²) in [6.07, 6.45) is -0.160. The predicted octanol–water partition coefficient (Wildman–Crippen LogP) is 0.493. The van der Waals surface area contributed by atoms with Gasteiger partial charge in [0.2, 0.25) is 5.91 Å². The lowest BCUT2D eigenvalue weighted by molar-refractivity contribution is -0.122. The van der Waals surface area contributed by atoms with Crippen LogP contribution in [0.5, 0.6) is 0 Å². The number of hydrogen-bond acceptors (Lipinski definition) is 3. The van der Waals surface area contributed by atoms with Crippen molar-refractivity contribution in [2.45, 2.75) is 46.3 Å². The first-order valence-corrected chi connectivity index (χ1v) is 5.55. The van der Waals surface area contributed by atoms with Crippen molar-refractivity contribution in [3.63, 3.8) is 0 Å². The first-order valence-electron chi connectivity index (χ1n) is 5.55. The fourth-order valence-electron chi connectivity index (χ4n) is 0.976. The van der Waals surface area contributed by atoms with Crippen LogP contribution in [0.25, 0.3) is 0 Å². The van der Waals surface area contributed by atoms with Crippen molar-refractivity contribution >= 4 is 5.91 Å². The molecule has 90 valence electrons. The molecule has 0 aromatic carbocycles. The monoisotopic (exact) mass is 216 g/mol. The fourth-order valence-corrected chi connectivity index (χ4v) is 0.976. The van der Waals surface area contributed by atoms with E-state index in [1.54, 1.807) is 0 Å². The van der Waals surface area contributed by atoms with Gasteiger partial charge < -0.3 is 16.2 Å². The summed E-state index contributed by atoms with van der Waals surface area (Å²) < 4.78 is 0. The van der Waals surface area contributed by atoms with Gasteiger partial charge >= 0.3 is 0 Å². The smallest absolute Gasteiger partial charge is 0.221 e. The maximum Gasteiger partial charge on any atom is 0.221 e. The first kappa shape index (κ1) is 14.4. The number of rotatable bonds is 6. The fraction of sp³-hybridized carbons (Fsp3) is 0.909. The Hall–Kier alpha value is -0.610. The molecule has 0 aliphatic heterocycles. The number of amides is 1. The summed E-state index contributed by atoms with van der Waals surface area (Å²) in [6.45, 7) is 8.11. The number of carbonyl (C=O) groups is 1. The van der Waals surface area contributed by atoms with Crippen LogP contribution in [-0.2, 0) is 4.79 Å². The average Bonchev–Trinajstić information content (AvgIpc) is 2.13. The van der Waals surface area contributed by atoms with Gasteiger partial charge in [-0.2, -0.15) is 0 Å². The van der Waals surface area contributed by atoms with Crippen molar-refractivity contribution in [3.05, 3.63) is 0 Å². The lowest BCUT2D eigenvalue weighted by Gasteiger charge is -2.18. The van der Waals surface area contributed by atoms with Gasteiger partial charge in [-0.05, 0) is 11.8 Å². The van der Waals surface area contributed by atoms with E-state index in [0.717, 1.165) is 0 Å². The van der Waals surface area contributed by atoms with E-state index >= 15 is 0 Å². The third-order valence-electron chi connectivity index (χ3n) is 2.56. The number of aliphatic hydroxyl groups is 1. The van der Waals surface area contributed by atoms with E-state index in [1.807, 2.05) is 27.7 Å². The summed E-state index contributed by atoms with van der Waals surface area (Å²) in [5, 5.41) is 12.2. The molecule has 2 atom stereocenters. The molecule has 0 aromatic rings. The van der Waals surface area contributed by atoms with Gasteiger partial charge in [-0.25, -0.2) is 0 Å². The van der Waals surface area contributed by atoms with Crippen molar-refractivity contribution < 1.29 is 9.90 Å². The lowest BCUT2D eigenvalue weighted by Crippen LogP contribution is -2.39. The number of aliphatic hydroxyl groups excluding tert-OH is 1. The summed E-state index contributed by atoms with van der Waals surface area (Å²) in [5.74, 6) is 0.366. The molecule has 1 amide bonds. The maximum absolute atomic E-state index is 11.4. The molecule has 15 heavy (non-hydrogen) atoms. The lowest BCUT2D eigenvalue weighted by atomic mass is 10.0. The van der Waals surface area contributed by atoms with Gasteiger partial charge in [0.05, 0.1) is 6.10 Å². The molecule has 0 radical (unpaired) electrons. The van der Waals surface area contributed by atoms with Gasteiger partial charge in [-0.15, -0.1) is 0 Å². The van der Waals surface area contributed by atoms with Crippen LogP contribution < -0.4 is 11.1 Å². The van der Waals surface area contributed by atoms with E-state index < -0.39 is 6.10 Å². The van der Waals surface area contributed by atoms with Crippen molar-refractivity contribution in [2.75, 3.05) is 6.54 Å². The van der Waals surface area contributed by atoms with E-state index in [0.29, 0.717) is 18.9 Å². The second-order valence-corrected chi connectivity index (χ2v) is 4.73. The van der Waals surface area contributed by atoms with Crippen molar-refractivity contribution in [1.29, 1.82) is 0 Å². The van der Waals surface area contributed by atoms with E-state index in [9.17, 15) is 9.90 Å². The molecule has 0 aromatic heterocycles. The summed E-state index contributed by atoms with van der Waals surface area (Å²) in [6, 6.07) is -0.110. The zero-order chi connectivity index (χ0) is 12.0. The molecule has 0 spiro atoms. The van der Waals surface area contributed by atoms with Gasteiger partial charge in [0.25, 0.3) is 0 Å². The van der Waals surface area contributed by atoms with Gasteiger partial charge in [-0.3, -0.25) is 4.79 Å². The van der Waals surface area contributed by atoms with Crippen LogP contribution >= 0.6 is 0 Å². The molecule has 0 bridgehead atoms. The Morgan fingerprint density at radius 1 is 1.27 bits per heavy atom. The van der Waals surface area contributed by atoms with E-state index in [4.69, 9.17) is 5.73 Å². The number of nitrogens with two attached hydrogens (primary N) is 1. The molecule has 0 aliphatic rings. The molecule has 0 heterocycles. The zero-order valence-corrected chi connectivity index (χ0v) is 10.2. The Morgan fingerprint density at radius 2 is 1.80 bits per heavy atom. The second kappa shape index (κ2) is 6.80. The highest BCUT2D eigenvalue weighted by molar-refractivity contribution is 5.76. The molecule has 0 saturated heterocycles. The SMILES string of the molecule is CC(C)C(N)CC(=O)NCC(O)C(C)C. The quantitative estimate of drug-likeness (QED) is 0.605. The molecule has 4 nitrogen and oxygen atoms in total. The average molecular weight is 216 g/mol. The summed E-state index contributed by atoms with van der Waals surface area (Å²) in [4.78, 5) is 11.4. The van der Waals surface area contributed by atoms with Crippen LogP contribution in [0.1, 0.15) is 34.1 Å². The molecule has 0 fully saturated rings. The molecule has 2 unspecified atom stereocenters. The van der Waals surface area contributed by atoms with Crippen molar-refractivity contribution in [3.8, 4) is 0 Å². The molecule has 0 rings (SSSR count). The zero-order valence-electron chi connectivity index (χ0n) is 10.2. The Morgan fingerprint density at radius 3 is 2.20 bits per heavy atom. The first-order chi connectivity index (χ1) is 6.84. The molecular formula is C11H24N2O2. The Kier molecular flexibility index (Phi) is 6.52. The number of hydrogen-bond donors (Lipinski definition) is 3. The van der Waals surface area contributed by atoms with Gasteiger partial charge in [0, 0.05) is 19.0 Å². The van der Waals surface area contributed by atoms with Crippen LogP contribution in [0.3, 0.4) is 0 Å². The molecule has 4 heteroatoms. The number of carbonyl (C=O) groups excluding carboxylic acids is 1.